The van der Waals surface area contributed by atoms with E-state index in [9.17, 15) is 9.59 Å². The summed E-state index contributed by atoms with van der Waals surface area (Å²) in [6.07, 6.45) is 5.01. The lowest BCUT2D eigenvalue weighted by Crippen LogP contribution is -2.49. The molecule has 4 rings (SSSR count). The van der Waals surface area contributed by atoms with Gasteiger partial charge in [0.05, 0.1) is 6.20 Å². The van der Waals surface area contributed by atoms with Crippen LogP contribution in [-0.4, -0.2) is 57.9 Å². The molecule has 0 atom stereocenters. The third-order valence-electron chi connectivity index (χ3n) is 4.86. The third-order valence-corrected chi connectivity index (χ3v) is 4.86. The molecule has 2 aromatic heterocycles. The molecule has 1 aliphatic heterocycles. The fraction of sp³-hybridized carbons (Fsp3) is 0.286. The number of anilines is 1. The molecule has 1 amide bonds. The van der Waals surface area contributed by atoms with E-state index in [4.69, 9.17) is 9.26 Å². The highest BCUT2D eigenvalue weighted by atomic mass is 16.5. The van der Waals surface area contributed by atoms with Crippen LogP contribution in [0.5, 0.6) is 5.75 Å². The fourth-order valence-electron chi connectivity index (χ4n) is 3.18. The van der Waals surface area contributed by atoms with Crippen molar-refractivity contribution in [2.75, 3.05) is 31.1 Å². The van der Waals surface area contributed by atoms with Crippen molar-refractivity contribution in [3.63, 3.8) is 0 Å². The summed E-state index contributed by atoms with van der Waals surface area (Å²) in [7, 11) is 0. The Hall–Kier alpha value is -3.75. The Labute approximate surface area is 173 Å². The number of benzene rings is 1. The Morgan fingerprint density at radius 3 is 2.53 bits per heavy atom. The number of piperazine rings is 1. The molecule has 0 aliphatic carbocycles. The average Bonchev–Trinajstić information content (AvgIpc) is 3.27. The molecule has 3 aromatic rings. The molecular weight excluding hydrogens is 386 g/mol. The molecule has 0 spiro atoms. The molecule has 1 aliphatic rings. The van der Waals surface area contributed by atoms with E-state index in [-0.39, 0.29) is 24.0 Å². The molecule has 1 saturated heterocycles. The zero-order valence-corrected chi connectivity index (χ0v) is 16.5. The first-order chi connectivity index (χ1) is 14.6. The number of ether oxygens (including phenoxy) is 1. The van der Waals surface area contributed by atoms with Crippen LogP contribution in [0.15, 0.2) is 53.4 Å². The minimum absolute atomic E-state index is 0.00234. The van der Waals surface area contributed by atoms with E-state index >= 15 is 0 Å². The van der Waals surface area contributed by atoms with Gasteiger partial charge in [-0.25, -0.2) is 4.98 Å². The highest BCUT2D eigenvalue weighted by molar-refractivity contribution is 5.94. The normalized spacial score (nSPS) is 13.9. The highest BCUT2D eigenvalue weighted by Gasteiger charge is 2.25. The Bertz CT molecular complexity index is 1010. The quantitative estimate of drug-likeness (QED) is 0.573. The van der Waals surface area contributed by atoms with Crippen molar-refractivity contribution < 1.29 is 18.8 Å². The van der Waals surface area contributed by atoms with E-state index in [2.05, 4.69) is 20.0 Å². The number of Topliss-reactive ketones (excluding diaryl/α,β-unsaturated/α-hetero) is 1. The minimum atomic E-state index is -0.172. The smallest absolute Gasteiger partial charge is 0.276 e. The first kappa shape index (κ1) is 19.6. The molecule has 3 heterocycles. The molecule has 1 aromatic carbocycles. The predicted molar refractivity (Wildman–Crippen MR) is 107 cm³/mol. The van der Waals surface area contributed by atoms with Crippen molar-refractivity contribution in [3.8, 4) is 5.75 Å². The number of hydrogen-bond donors (Lipinski definition) is 0. The van der Waals surface area contributed by atoms with Crippen molar-refractivity contribution >= 4 is 17.5 Å². The van der Waals surface area contributed by atoms with Crippen LogP contribution in [0.3, 0.4) is 0 Å². The van der Waals surface area contributed by atoms with Crippen LogP contribution < -0.4 is 9.64 Å². The maximum Gasteiger partial charge on any atom is 0.276 e. The average molecular weight is 407 g/mol. The summed E-state index contributed by atoms with van der Waals surface area (Å²) in [5.74, 6) is 1.69. The van der Waals surface area contributed by atoms with E-state index in [1.54, 1.807) is 53.8 Å². The van der Waals surface area contributed by atoms with Crippen LogP contribution in [0.25, 0.3) is 0 Å². The molecule has 0 unspecified atom stereocenters. The van der Waals surface area contributed by atoms with Crippen molar-refractivity contribution in [1.29, 1.82) is 0 Å². The van der Waals surface area contributed by atoms with Gasteiger partial charge in [0.1, 0.15) is 18.2 Å². The SMILES string of the molecule is CC(=O)c1ccc(OCc2cc(C(=O)N3CCN(c4cnccn4)CC3)no2)cc1. The number of rotatable bonds is 6. The van der Waals surface area contributed by atoms with E-state index in [1.165, 1.54) is 6.92 Å². The number of carbonyl (C=O) groups is 2. The third kappa shape index (κ3) is 4.45. The monoisotopic (exact) mass is 407 g/mol. The molecule has 0 N–H and O–H groups in total. The van der Waals surface area contributed by atoms with Crippen LogP contribution in [-0.2, 0) is 6.61 Å². The van der Waals surface area contributed by atoms with Crippen LogP contribution in [0.4, 0.5) is 5.82 Å². The zero-order valence-electron chi connectivity index (χ0n) is 16.5. The van der Waals surface area contributed by atoms with E-state index in [0.717, 1.165) is 5.82 Å². The summed E-state index contributed by atoms with van der Waals surface area (Å²) in [6, 6.07) is 8.44. The lowest BCUT2D eigenvalue weighted by Gasteiger charge is -2.34. The number of aromatic nitrogens is 3. The number of ketones is 1. The van der Waals surface area contributed by atoms with Gasteiger partial charge in [-0.3, -0.25) is 14.6 Å². The lowest BCUT2D eigenvalue weighted by atomic mass is 10.1. The van der Waals surface area contributed by atoms with Gasteiger partial charge in [-0.1, -0.05) is 5.16 Å². The molecule has 1 fully saturated rings. The number of nitrogens with zero attached hydrogens (tertiary/aromatic N) is 5. The molecule has 9 heteroatoms. The molecule has 154 valence electrons. The topological polar surface area (TPSA) is 102 Å². The molecule has 9 nitrogen and oxygen atoms in total. The largest absolute Gasteiger partial charge is 0.486 e. The summed E-state index contributed by atoms with van der Waals surface area (Å²) in [6.45, 7) is 4.13. The minimum Gasteiger partial charge on any atom is -0.486 e. The second-order valence-electron chi connectivity index (χ2n) is 6.89. The molecule has 0 saturated carbocycles. The summed E-state index contributed by atoms with van der Waals surface area (Å²) in [5.41, 5.74) is 0.878. The van der Waals surface area contributed by atoms with Gasteiger partial charge in [0.25, 0.3) is 5.91 Å². The maximum atomic E-state index is 12.7. The van der Waals surface area contributed by atoms with E-state index in [1.807, 2.05) is 0 Å². The second-order valence-corrected chi connectivity index (χ2v) is 6.89. The Kier molecular flexibility index (Phi) is 5.69. The predicted octanol–water partition coefficient (Wildman–Crippen LogP) is 2.21. The van der Waals surface area contributed by atoms with Crippen molar-refractivity contribution in [3.05, 3.63) is 65.9 Å². The second kappa shape index (κ2) is 8.73. The fourth-order valence-corrected chi connectivity index (χ4v) is 3.18. The summed E-state index contributed by atoms with van der Waals surface area (Å²) >= 11 is 0. The van der Waals surface area contributed by atoms with Crippen LogP contribution in [0, 0.1) is 0 Å². The van der Waals surface area contributed by atoms with E-state index < -0.39 is 0 Å². The molecular formula is C21H21N5O4. The standard InChI is InChI=1S/C21H21N5O4/c1-15(27)16-2-4-17(5-3-16)29-14-18-12-19(24-30-18)21(28)26-10-8-25(9-11-26)20-13-22-6-7-23-20/h2-7,12-13H,8-11,14H2,1H3. The van der Waals surface area contributed by atoms with Gasteiger partial charge >= 0.3 is 0 Å². The Balaban J connectivity index is 1.30. The number of carbonyl (C=O) groups excluding carboxylic acids is 2. The van der Waals surface area contributed by atoms with Gasteiger partial charge in [0.15, 0.2) is 17.2 Å². The van der Waals surface area contributed by atoms with Gasteiger partial charge in [0, 0.05) is 50.2 Å². The van der Waals surface area contributed by atoms with Gasteiger partial charge in [-0.15, -0.1) is 0 Å². The first-order valence-electron chi connectivity index (χ1n) is 9.60. The van der Waals surface area contributed by atoms with Gasteiger partial charge < -0.3 is 19.1 Å². The summed E-state index contributed by atoms with van der Waals surface area (Å²) < 4.78 is 10.9. The first-order valence-corrected chi connectivity index (χ1v) is 9.60. The van der Waals surface area contributed by atoms with Crippen molar-refractivity contribution in [1.82, 2.24) is 20.0 Å². The van der Waals surface area contributed by atoms with Crippen molar-refractivity contribution in [2.45, 2.75) is 13.5 Å². The summed E-state index contributed by atoms with van der Waals surface area (Å²) in [4.78, 5) is 36.2. The Morgan fingerprint density at radius 1 is 1.10 bits per heavy atom. The van der Waals surface area contributed by atoms with Crippen LogP contribution >= 0.6 is 0 Å². The zero-order chi connectivity index (χ0) is 20.9. The summed E-state index contributed by atoms with van der Waals surface area (Å²) in [5, 5.41) is 3.89. The van der Waals surface area contributed by atoms with Crippen molar-refractivity contribution in [2.24, 2.45) is 0 Å². The van der Waals surface area contributed by atoms with Crippen LogP contribution in [0.2, 0.25) is 0 Å². The Morgan fingerprint density at radius 2 is 1.87 bits per heavy atom. The van der Waals surface area contributed by atoms with Gasteiger partial charge in [-0.2, -0.15) is 0 Å². The molecule has 0 bridgehead atoms. The van der Waals surface area contributed by atoms with Gasteiger partial charge in [-0.05, 0) is 31.2 Å². The van der Waals surface area contributed by atoms with Gasteiger partial charge in [0.2, 0.25) is 0 Å². The lowest BCUT2D eigenvalue weighted by molar-refractivity contribution is 0.0735. The molecule has 30 heavy (non-hydrogen) atoms. The number of amides is 1. The molecule has 0 radical (unpaired) electrons. The highest BCUT2D eigenvalue weighted by Crippen LogP contribution is 2.17. The maximum absolute atomic E-state index is 12.7. The van der Waals surface area contributed by atoms with E-state index in [0.29, 0.717) is 43.3 Å². The van der Waals surface area contributed by atoms with Crippen LogP contribution in [0.1, 0.15) is 33.5 Å². The number of hydrogen-bond acceptors (Lipinski definition) is 8.